The van der Waals surface area contributed by atoms with Crippen LogP contribution in [0.2, 0.25) is 0 Å². The van der Waals surface area contributed by atoms with Crippen LogP contribution in [0.25, 0.3) is 0 Å². The van der Waals surface area contributed by atoms with Crippen LogP contribution in [0.1, 0.15) is 16.7 Å². The fourth-order valence-corrected chi connectivity index (χ4v) is 3.59. The number of aryl methyl sites for hydroxylation is 2. The maximum atomic E-state index is 12.4. The second-order valence-electron chi connectivity index (χ2n) is 7.78. The molecule has 0 aromatic heterocycles. The minimum absolute atomic E-state index is 0.230. The number of anilines is 2. The van der Waals surface area contributed by atoms with E-state index < -0.39 is 11.8 Å². The van der Waals surface area contributed by atoms with E-state index in [4.69, 9.17) is 9.47 Å². The summed E-state index contributed by atoms with van der Waals surface area (Å²) in [5, 5.41) is 9.11. The zero-order valence-corrected chi connectivity index (χ0v) is 21.5. The third-order valence-electron chi connectivity index (χ3n) is 4.76. The number of ether oxygens (including phenoxy) is 2. The van der Waals surface area contributed by atoms with Crippen LogP contribution in [-0.4, -0.2) is 37.7 Å². The second kappa shape index (κ2) is 12.5. The molecule has 0 radical (unpaired) electrons. The molecule has 0 spiro atoms. The fraction of sp³-hybridized carbons (Fsp3) is 0.154. The maximum absolute atomic E-state index is 12.4. The van der Waals surface area contributed by atoms with Crippen molar-refractivity contribution in [2.75, 3.05) is 24.4 Å². The van der Waals surface area contributed by atoms with Crippen molar-refractivity contribution in [1.82, 2.24) is 5.43 Å². The smallest absolute Gasteiger partial charge is 0.329 e. The Hall–Kier alpha value is -4.18. The molecule has 3 N–H and O–H groups in total. The van der Waals surface area contributed by atoms with Crippen LogP contribution in [0, 0.1) is 13.8 Å². The number of rotatable bonds is 8. The zero-order valence-electron chi connectivity index (χ0n) is 19.9. The summed E-state index contributed by atoms with van der Waals surface area (Å²) in [6.45, 7) is 3.67. The van der Waals surface area contributed by atoms with Crippen molar-refractivity contribution in [2.24, 2.45) is 5.10 Å². The Bertz CT molecular complexity index is 1270. The van der Waals surface area contributed by atoms with E-state index in [1.165, 1.54) is 13.3 Å². The van der Waals surface area contributed by atoms with Crippen molar-refractivity contribution in [3.8, 4) is 11.5 Å². The highest BCUT2D eigenvalue weighted by molar-refractivity contribution is 9.10. The standard InChI is InChI=1S/C26H25BrN4O5/c1-16-10-17(2)12-21(11-16)29-24(32)15-36-23-9-4-19(27)13-18(23)14-28-31-26(34)25(33)30-20-5-7-22(35-3)8-6-20/h4-14H,15H2,1-3H3,(H,29,32)(H,30,33)(H,31,34)/b28-14-. The third-order valence-corrected chi connectivity index (χ3v) is 5.25. The van der Waals surface area contributed by atoms with Crippen molar-refractivity contribution in [1.29, 1.82) is 0 Å². The number of nitrogens with zero attached hydrogens (tertiary/aromatic N) is 1. The zero-order chi connectivity index (χ0) is 26.1. The number of carbonyl (C=O) groups excluding carboxylic acids is 3. The number of carbonyl (C=O) groups is 3. The third kappa shape index (κ3) is 7.95. The van der Waals surface area contributed by atoms with E-state index in [1.807, 2.05) is 32.0 Å². The molecule has 3 rings (SSSR count). The van der Waals surface area contributed by atoms with Crippen molar-refractivity contribution in [2.45, 2.75) is 13.8 Å². The minimum Gasteiger partial charge on any atom is -0.497 e. The van der Waals surface area contributed by atoms with Crippen molar-refractivity contribution < 1.29 is 23.9 Å². The predicted molar refractivity (Wildman–Crippen MR) is 142 cm³/mol. The first kappa shape index (κ1) is 26.4. The summed E-state index contributed by atoms with van der Waals surface area (Å²) >= 11 is 3.37. The summed E-state index contributed by atoms with van der Waals surface area (Å²) in [6.07, 6.45) is 1.32. The summed E-state index contributed by atoms with van der Waals surface area (Å²) in [6, 6.07) is 17.4. The van der Waals surface area contributed by atoms with Gasteiger partial charge in [-0.3, -0.25) is 14.4 Å². The fourth-order valence-electron chi connectivity index (χ4n) is 3.21. The summed E-state index contributed by atoms with van der Waals surface area (Å²) in [5.41, 5.74) is 5.86. The normalized spacial score (nSPS) is 10.6. The molecule has 0 fully saturated rings. The van der Waals surface area contributed by atoms with Crippen molar-refractivity contribution in [3.05, 3.63) is 81.8 Å². The number of benzene rings is 3. The first-order valence-corrected chi connectivity index (χ1v) is 11.6. The lowest BCUT2D eigenvalue weighted by Gasteiger charge is -2.11. The molecule has 0 heterocycles. The van der Waals surface area contributed by atoms with Gasteiger partial charge in [-0.15, -0.1) is 0 Å². The quantitative estimate of drug-likeness (QED) is 0.220. The summed E-state index contributed by atoms with van der Waals surface area (Å²) in [7, 11) is 1.53. The lowest BCUT2D eigenvalue weighted by Crippen LogP contribution is -2.32. The number of nitrogens with one attached hydrogen (secondary N) is 3. The van der Waals surface area contributed by atoms with Crippen LogP contribution >= 0.6 is 15.9 Å². The van der Waals surface area contributed by atoms with Gasteiger partial charge in [-0.05, 0) is 79.6 Å². The van der Waals surface area contributed by atoms with E-state index in [9.17, 15) is 14.4 Å². The van der Waals surface area contributed by atoms with Crippen molar-refractivity contribution in [3.63, 3.8) is 0 Å². The number of methoxy groups -OCH3 is 1. The minimum atomic E-state index is -0.952. The first-order chi connectivity index (χ1) is 17.2. The predicted octanol–water partition coefficient (Wildman–Crippen LogP) is 4.18. The SMILES string of the molecule is COc1ccc(NC(=O)C(=O)N/N=C\c2cc(Br)ccc2OCC(=O)Nc2cc(C)cc(C)c2)cc1. The molecule has 0 aliphatic carbocycles. The van der Waals surface area contributed by atoms with E-state index >= 15 is 0 Å². The molecule has 186 valence electrons. The summed E-state index contributed by atoms with van der Waals surface area (Å²) in [5.74, 6) is -1.17. The molecular weight excluding hydrogens is 528 g/mol. The van der Waals surface area contributed by atoms with Crippen LogP contribution in [-0.2, 0) is 14.4 Å². The Balaban J connectivity index is 1.57. The van der Waals surface area contributed by atoms with Gasteiger partial charge in [-0.2, -0.15) is 5.10 Å². The van der Waals surface area contributed by atoms with Gasteiger partial charge in [0.2, 0.25) is 0 Å². The maximum Gasteiger partial charge on any atom is 0.329 e. The molecule has 3 amide bonds. The van der Waals surface area contributed by atoms with Gasteiger partial charge in [0.1, 0.15) is 11.5 Å². The van der Waals surface area contributed by atoms with Crippen LogP contribution in [0.15, 0.2) is 70.2 Å². The van der Waals surface area contributed by atoms with Gasteiger partial charge in [-0.1, -0.05) is 22.0 Å². The number of hydrogen-bond donors (Lipinski definition) is 3. The molecule has 0 saturated heterocycles. The van der Waals surface area contributed by atoms with E-state index in [-0.39, 0.29) is 12.5 Å². The average Bonchev–Trinajstić information content (AvgIpc) is 2.83. The Morgan fingerprint density at radius 2 is 1.58 bits per heavy atom. The monoisotopic (exact) mass is 552 g/mol. The Morgan fingerprint density at radius 1 is 0.889 bits per heavy atom. The molecule has 3 aromatic carbocycles. The van der Waals surface area contributed by atoms with Crippen LogP contribution in [0.3, 0.4) is 0 Å². The van der Waals surface area contributed by atoms with Gasteiger partial charge >= 0.3 is 11.8 Å². The van der Waals surface area contributed by atoms with Crippen LogP contribution in [0.4, 0.5) is 11.4 Å². The molecule has 0 aliphatic rings. The Kier molecular flexibility index (Phi) is 9.18. The van der Waals surface area contributed by atoms with Gasteiger partial charge in [0.15, 0.2) is 6.61 Å². The van der Waals surface area contributed by atoms with Crippen LogP contribution in [0.5, 0.6) is 11.5 Å². The van der Waals surface area contributed by atoms with Crippen LogP contribution < -0.4 is 25.5 Å². The molecule has 36 heavy (non-hydrogen) atoms. The van der Waals surface area contributed by atoms with Crippen molar-refractivity contribution >= 4 is 51.2 Å². The number of hydrazone groups is 1. The van der Waals surface area contributed by atoms with Gasteiger partial charge in [0.25, 0.3) is 5.91 Å². The lowest BCUT2D eigenvalue weighted by atomic mass is 10.1. The molecule has 9 nitrogen and oxygen atoms in total. The molecule has 0 unspecified atom stereocenters. The number of amides is 3. The molecule has 3 aromatic rings. The topological polar surface area (TPSA) is 118 Å². The Morgan fingerprint density at radius 3 is 2.25 bits per heavy atom. The van der Waals surface area contributed by atoms with Gasteiger partial charge in [0, 0.05) is 21.4 Å². The number of hydrogen-bond acceptors (Lipinski definition) is 6. The molecular formula is C26H25BrN4O5. The molecule has 10 heteroatoms. The average molecular weight is 553 g/mol. The summed E-state index contributed by atoms with van der Waals surface area (Å²) in [4.78, 5) is 36.6. The highest BCUT2D eigenvalue weighted by atomic mass is 79.9. The first-order valence-electron chi connectivity index (χ1n) is 10.8. The summed E-state index contributed by atoms with van der Waals surface area (Å²) < 4.78 is 11.5. The van der Waals surface area contributed by atoms with Gasteiger partial charge < -0.3 is 20.1 Å². The van der Waals surface area contributed by atoms with E-state index in [0.717, 1.165) is 15.6 Å². The highest BCUT2D eigenvalue weighted by Gasteiger charge is 2.13. The second-order valence-corrected chi connectivity index (χ2v) is 8.69. The van der Waals surface area contributed by atoms with Gasteiger partial charge in [0.05, 0.1) is 13.3 Å². The lowest BCUT2D eigenvalue weighted by molar-refractivity contribution is -0.136. The molecule has 0 bridgehead atoms. The Labute approximate surface area is 217 Å². The highest BCUT2D eigenvalue weighted by Crippen LogP contribution is 2.22. The number of halogens is 1. The molecule has 0 atom stereocenters. The van der Waals surface area contributed by atoms with E-state index in [2.05, 4.69) is 37.1 Å². The molecule has 0 saturated carbocycles. The van der Waals surface area contributed by atoms with E-state index in [1.54, 1.807) is 42.5 Å². The van der Waals surface area contributed by atoms with E-state index in [0.29, 0.717) is 28.4 Å². The van der Waals surface area contributed by atoms with Gasteiger partial charge in [-0.25, -0.2) is 5.43 Å². The molecule has 0 aliphatic heterocycles. The largest absolute Gasteiger partial charge is 0.497 e.